The fourth-order valence-corrected chi connectivity index (χ4v) is 3.15. The first-order valence-corrected chi connectivity index (χ1v) is 7.37. The Morgan fingerprint density at radius 3 is 2.47 bits per heavy atom. The van der Waals surface area contributed by atoms with Gasteiger partial charge in [0.05, 0.1) is 17.4 Å². The van der Waals surface area contributed by atoms with Crippen LogP contribution in [-0.4, -0.2) is 25.8 Å². The van der Waals surface area contributed by atoms with Crippen LogP contribution in [0.5, 0.6) is 0 Å². The summed E-state index contributed by atoms with van der Waals surface area (Å²) in [5.41, 5.74) is 7.99. The SMILES string of the molecule is Cc1cc(S(=O)(=O)N(C)C(C)CC#N)cc(N)c1C. The van der Waals surface area contributed by atoms with Gasteiger partial charge in [-0.3, -0.25) is 0 Å². The summed E-state index contributed by atoms with van der Waals surface area (Å²) in [7, 11) is -2.15. The van der Waals surface area contributed by atoms with Crippen LogP contribution in [-0.2, 0) is 10.0 Å². The Hall–Kier alpha value is -1.58. The number of nitrogens with two attached hydrogens (primary N) is 1. The molecule has 0 aliphatic rings. The van der Waals surface area contributed by atoms with Crippen molar-refractivity contribution in [1.29, 1.82) is 5.26 Å². The van der Waals surface area contributed by atoms with Crippen LogP contribution >= 0.6 is 0 Å². The van der Waals surface area contributed by atoms with Crippen LogP contribution in [0.3, 0.4) is 0 Å². The maximum atomic E-state index is 12.4. The van der Waals surface area contributed by atoms with Gasteiger partial charge in [0.25, 0.3) is 0 Å². The summed E-state index contributed by atoms with van der Waals surface area (Å²) < 4.78 is 26.1. The zero-order valence-corrected chi connectivity index (χ0v) is 12.5. The Labute approximate surface area is 114 Å². The minimum atomic E-state index is -3.62. The maximum absolute atomic E-state index is 12.4. The molecular formula is C13H19N3O2S. The van der Waals surface area contributed by atoms with Gasteiger partial charge in [0.2, 0.25) is 10.0 Å². The smallest absolute Gasteiger partial charge is 0.243 e. The van der Waals surface area contributed by atoms with Gasteiger partial charge in [0, 0.05) is 18.8 Å². The highest BCUT2D eigenvalue weighted by Crippen LogP contribution is 2.24. The lowest BCUT2D eigenvalue weighted by atomic mass is 10.1. The molecule has 1 aromatic carbocycles. The average Bonchev–Trinajstić information content (AvgIpc) is 2.34. The number of benzene rings is 1. The van der Waals surface area contributed by atoms with E-state index in [0.29, 0.717) is 5.69 Å². The number of rotatable bonds is 4. The second kappa shape index (κ2) is 5.59. The first-order valence-electron chi connectivity index (χ1n) is 5.93. The van der Waals surface area contributed by atoms with Crippen molar-refractivity contribution in [3.63, 3.8) is 0 Å². The molecule has 1 rings (SSSR count). The average molecular weight is 281 g/mol. The third-order valence-corrected chi connectivity index (χ3v) is 5.32. The molecule has 0 aliphatic carbocycles. The Bertz CT molecular complexity index is 594. The molecule has 0 aromatic heterocycles. The van der Waals surface area contributed by atoms with Crippen LogP contribution in [0.2, 0.25) is 0 Å². The summed E-state index contributed by atoms with van der Waals surface area (Å²) >= 11 is 0. The van der Waals surface area contributed by atoms with E-state index in [0.717, 1.165) is 11.1 Å². The zero-order chi connectivity index (χ0) is 14.8. The van der Waals surface area contributed by atoms with Crippen LogP contribution in [0.1, 0.15) is 24.5 Å². The van der Waals surface area contributed by atoms with Gasteiger partial charge in [0.1, 0.15) is 0 Å². The number of hydrogen-bond donors (Lipinski definition) is 1. The van der Waals surface area contributed by atoms with E-state index in [2.05, 4.69) is 0 Å². The lowest BCUT2D eigenvalue weighted by molar-refractivity contribution is 0.393. The molecule has 0 aliphatic heterocycles. The number of nitrogen functional groups attached to an aromatic ring is 1. The summed E-state index contributed by atoms with van der Waals surface area (Å²) in [5.74, 6) is 0. The number of sulfonamides is 1. The molecule has 1 unspecified atom stereocenters. The molecule has 104 valence electrons. The van der Waals surface area contributed by atoms with Gasteiger partial charge in [-0.25, -0.2) is 8.42 Å². The Morgan fingerprint density at radius 1 is 1.42 bits per heavy atom. The highest BCUT2D eigenvalue weighted by atomic mass is 32.2. The Balaban J connectivity index is 3.25. The van der Waals surface area contributed by atoms with Crippen molar-refractivity contribution in [2.75, 3.05) is 12.8 Å². The van der Waals surface area contributed by atoms with Gasteiger partial charge in [-0.05, 0) is 44.0 Å². The van der Waals surface area contributed by atoms with Gasteiger partial charge in [-0.1, -0.05) is 0 Å². The van der Waals surface area contributed by atoms with Gasteiger partial charge < -0.3 is 5.73 Å². The number of nitrogens with zero attached hydrogens (tertiary/aromatic N) is 2. The van der Waals surface area contributed by atoms with Crippen LogP contribution < -0.4 is 5.73 Å². The van der Waals surface area contributed by atoms with E-state index in [4.69, 9.17) is 11.0 Å². The van der Waals surface area contributed by atoms with Crippen LogP contribution in [0, 0.1) is 25.2 Å². The molecule has 0 bridgehead atoms. The minimum absolute atomic E-state index is 0.149. The number of nitriles is 1. The lowest BCUT2D eigenvalue weighted by Crippen LogP contribution is -2.35. The standard InChI is InChI=1S/C13H19N3O2S/c1-9-7-12(8-13(15)11(9)3)19(17,18)16(4)10(2)5-6-14/h7-8,10H,5,15H2,1-4H3. The molecular weight excluding hydrogens is 262 g/mol. The fraction of sp³-hybridized carbons (Fsp3) is 0.462. The fourth-order valence-electron chi connectivity index (χ4n) is 1.67. The highest BCUT2D eigenvalue weighted by Gasteiger charge is 2.26. The van der Waals surface area contributed by atoms with Gasteiger partial charge >= 0.3 is 0 Å². The largest absolute Gasteiger partial charge is 0.398 e. The predicted octanol–water partition coefficient (Wildman–Crippen LogP) is 1.81. The van der Waals surface area contributed by atoms with Crippen molar-refractivity contribution in [3.8, 4) is 6.07 Å². The molecule has 1 aromatic rings. The van der Waals surface area contributed by atoms with Crippen molar-refractivity contribution in [2.24, 2.45) is 0 Å². The first kappa shape index (κ1) is 15.5. The van der Waals surface area contributed by atoms with Crippen molar-refractivity contribution in [3.05, 3.63) is 23.3 Å². The lowest BCUT2D eigenvalue weighted by Gasteiger charge is -2.23. The van der Waals surface area contributed by atoms with Gasteiger partial charge in [0.15, 0.2) is 0 Å². The van der Waals surface area contributed by atoms with Gasteiger partial charge in [-0.15, -0.1) is 0 Å². The topological polar surface area (TPSA) is 87.2 Å². The Kier molecular flexibility index (Phi) is 4.56. The van der Waals surface area contributed by atoms with E-state index in [9.17, 15) is 8.42 Å². The van der Waals surface area contributed by atoms with Gasteiger partial charge in [-0.2, -0.15) is 9.57 Å². The maximum Gasteiger partial charge on any atom is 0.243 e. The molecule has 0 fully saturated rings. The van der Waals surface area contributed by atoms with E-state index >= 15 is 0 Å². The summed E-state index contributed by atoms with van der Waals surface area (Å²) in [6.45, 7) is 5.37. The third-order valence-electron chi connectivity index (χ3n) is 3.37. The number of anilines is 1. The summed E-state index contributed by atoms with van der Waals surface area (Å²) in [6, 6.07) is 4.67. The van der Waals surface area contributed by atoms with Crippen LogP contribution in [0.25, 0.3) is 0 Å². The second-order valence-electron chi connectivity index (χ2n) is 4.69. The monoisotopic (exact) mass is 281 g/mol. The predicted molar refractivity (Wildman–Crippen MR) is 75.0 cm³/mol. The molecule has 5 nitrogen and oxygen atoms in total. The van der Waals surface area contributed by atoms with Crippen LogP contribution in [0.4, 0.5) is 5.69 Å². The van der Waals surface area contributed by atoms with Crippen LogP contribution in [0.15, 0.2) is 17.0 Å². The summed E-state index contributed by atoms with van der Waals surface area (Å²) in [5, 5.41) is 8.65. The first-order chi connectivity index (χ1) is 8.71. The molecule has 0 heterocycles. The molecule has 0 saturated carbocycles. The van der Waals surface area contributed by atoms with Crippen molar-refractivity contribution < 1.29 is 8.42 Å². The van der Waals surface area contributed by atoms with E-state index in [-0.39, 0.29) is 17.4 Å². The van der Waals surface area contributed by atoms with E-state index in [1.54, 1.807) is 13.0 Å². The number of aryl methyl sites for hydroxylation is 1. The quantitative estimate of drug-likeness (QED) is 0.853. The third kappa shape index (κ3) is 3.06. The van der Waals surface area contributed by atoms with E-state index in [1.165, 1.54) is 17.4 Å². The molecule has 0 saturated heterocycles. The summed E-state index contributed by atoms with van der Waals surface area (Å²) in [4.78, 5) is 0.167. The van der Waals surface area contributed by atoms with Crippen molar-refractivity contribution >= 4 is 15.7 Å². The Morgan fingerprint density at radius 2 is 2.00 bits per heavy atom. The van der Waals surface area contributed by atoms with E-state index < -0.39 is 10.0 Å². The van der Waals surface area contributed by atoms with Crippen molar-refractivity contribution in [2.45, 2.75) is 38.1 Å². The van der Waals surface area contributed by atoms with E-state index in [1.807, 2.05) is 19.9 Å². The molecule has 1 atom stereocenters. The normalized spacial score (nSPS) is 13.3. The molecule has 2 N–H and O–H groups in total. The molecule has 19 heavy (non-hydrogen) atoms. The molecule has 0 radical (unpaired) electrons. The highest BCUT2D eigenvalue weighted by molar-refractivity contribution is 7.89. The molecule has 0 amide bonds. The molecule has 0 spiro atoms. The second-order valence-corrected chi connectivity index (χ2v) is 6.68. The number of hydrogen-bond acceptors (Lipinski definition) is 4. The van der Waals surface area contributed by atoms with Crippen molar-refractivity contribution in [1.82, 2.24) is 4.31 Å². The zero-order valence-electron chi connectivity index (χ0n) is 11.6. The summed E-state index contributed by atoms with van der Waals surface area (Å²) in [6.07, 6.45) is 0.149. The minimum Gasteiger partial charge on any atom is -0.398 e. The molecule has 6 heteroatoms.